The summed E-state index contributed by atoms with van der Waals surface area (Å²) in [5, 5.41) is 11.5. The fourth-order valence-corrected chi connectivity index (χ4v) is 3.54. The molecule has 0 aliphatic carbocycles. The monoisotopic (exact) mass is 444 g/mol. The zero-order valence-corrected chi connectivity index (χ0v) is 17.8. The Morgan fingerprint density at radius 2 is 1.97 bits per heavy atom. The SMILES string of the molecule is CCn1c(COc2ccccc2F)nnc1SCC(=O)Nc1cccc(C(=O)OC)c1. The van der Waals surface area contributed by atoms with Gasteiger partial charge in [-0.1, -0.05) is 30.0 Å². The number of carbonyl (C=O) groups excluding carboxylic acids is 2. The van der Waals surface area contributed by atoms with Gasteiger partial charge >= 0.3 is 5.97 Å². The number of carbonyl (C=O) groups is 2. The largest absolute Gasteiger partial charge is 0.483 e. The van der Waals surface area contributed by atoms with E-state index in [-0.39, 0.29) is 24.0 Å². The lowest BCUT2D eigenvalue weighted by molar-refractivity contribution is -0.113. The van der Waals surface area contributed by atoms with Gasteiger partial charge in [-0.15, -0.1) is 10.2 Å². The summed E-state index contributed by atoms with van der Waals surface area (Å²) in [6.07, 6.45) is 0. The van der Waals surface area contributed by atoms with Gasteiger partial charge in [0.25, 0.3) is 0 Å². The molecular weight excluding hydrogens is 423 g/mol. The van der Waals surface area contributed by atoms with E-state index >= 15 is 0 Å². The minimum atomic E-state index is -0.480. The maximum Gasteiger partial charge on any atom is 0.337 e. The number of halogens is 1. The molecule has 0 saturated heterocycles. The highest BCUT2D eigenvalue weighted by Crippen LogP contribution is 2.21. The number of nitrogens with one attached hydrogen (secondary N) is 1. The van der Waals surface area contributed by atoms with Crippen LogP contribution in [0.25, 0.3) is 0 Å². The minimum absolute atomic E-state index is 0.0504. The summed E-state index contributed by atoms with van der Waals surface area (Å²) >= 11 is 1.22. The van der Waals surface area contributed by atoms with Gasteiger partial charge in [-0.2, -0.15) is 0 Å². The molecule has 0 atom stereocenters. The summed E-state index contributed by atoms with van der Waals surface area (Å²) in [6.45, 7) is 2.53. The van der Waals surface area contributed by atoms with Crippen LogP contribution in [0, 0.1) is 5.82 Å². The van der Waals surface area contributed by atoms with Crippen molar-refractivity contribution >= 4 is 29.3 Å². The fraction of sp³-hybridized carbons (Fsp3) is 0.238. The standard InChI is InChI=1S/C21H21FN4O4S/c1-3-26-18(12-30-17-10-5-4-9-16(17)22)24-25-21(26)31-13-19(27)23-15-8-6-7-14(11-15)20(28)29-2/h4-11H,3,12-13H2,1-2H3,(H,23,27). The molecule has 1 N–H and O–H groups in total. The Balaban J connectivity index is 1.58. The third-order valence-corrected chi connectivity index (χ3v) is 5.17. The molecule has 162 valence electrons. The van der Waals surface area contributed by atoms with Crippen molar-refractivity contribution in [3.63, 3.8) is 0 Å². The molecule has 31 heavy (non-hydrogen) atoms. The minimum Gasteiger partial charge on any atom is -0.483 e. The van der Waals surface area contributed by atoms with Crippen LogP contribution in [0.4, 0.5) is 10.1 Å². The molecule has 0 aliphatic rings. The first-order valence-electron chi connectivity index (χ1n) is 9.42. The Hall–Kier alpha value is -3.40. The number of amides is 1. The number of anilines is 1. The van der Waals surface area contributed by atoms with Crippen LogP contribution in [0.2, 0.25) is 0 Å². The number of ether oxygens (including phenoxy) is 2. The zero-order chi connectivity index (χ0) is 22.2. The average Bonchev–Trinajstić information content (AvgIpc) is 3.18. The van der Waals surface area contributed by atoms with Crippen LogP contribution in [-0.4, -0.2) is 39.5 Å². The van der Waals surface area contributed by atoms with Crippen LogP contribution < -0.4 is 10.1 Å². The number of esters is 1. The van der Waals surface area contributed by atoms with Gasteiger partial charge in [0.15, 0.2) is 22.5 Å². The average molecular weight is 444 g/mol. The summed E-state index contributed by atoms with van der Waals surface area (Å²) in [5.41, 5.74) is 0.836. The number of rotatable bonds is 9. The number of hydrogen-bond acceptors (Lipinski definition) is 7. The number of methoxy groups -OCH3 is 1. The van der Waals surface area contributed by atoms with Crippen LogP contribution >= 0.6 is 11.8 Å². The smallest absolute Gasteiger partial charge is 0.337 e. The highest BCUT2D eigenvalue weighted by Gasteiger charge is 2.15. The van der Waals surface area contributed by atoms with Gasteiger partial charge in [0.1, 0.15) is 6.61 Å². The van der Waals surface area contributed by atoms with E-state index in [1.165, 1.54) is 31.0 Å². The number of thioether (sulfide) groups is 1. The van der Waals surface area contributed by atoms with E-state index in [0.29, 0.717) is 28.8 Å². The van der Waals surface area contributed by atoms with E-state index in [1.807, 2.05) is 6.92 Å². The van der Waals surface area contributed by atoms with Crippen molar-refractivity contribution in [3.05, 3.63) is 65.7 Å². The summed E-state index contributed by atoms with van der Waals surface area (Å²) in [7, 11) is 1.30. The van der Waals surface area contributed by atoms with Crippen LogP contribution in [-0.2, 0) is 22.7 Å². The van der Waals surface area contributed by atoms with E-state index < -0.39 is 11.8 Å². The van der Waals surface area contributed by atoms with Crippen molar-refractivity contribution in [2.24, 2.45) is 0 Å². The molecule has 1 amide bonds. The van der Waals surface area contributed by atoms with Crippen molar-refractivity contribution in [3.8, 4) is 5.75 Å². The van der Waals surface area contributed by atoms with Crippen molar-refractivity contribution in [1.82, 2.24) is 14.8 Å². The lowest BCUT2D eigenvalue weighted by Crippen LogP contribution is -2.15. The molecule has 1 heterocycles. The van der Waals surface area contributed by atoms with Crippen molar-refractivity contribution in [2.45, 2.75) is 25.2 Å². The number of hydrogen-bond donors (Lipinski definition) is 1. The first-order chi connectivity index (χ1) is 15.0. The quantitative estimate of drug-likeness (QED) is 0.398. The molecule has 0 bridgehead atoms. The van der Waals surface area contributed by atoms with Gasteiger partial charge < -0.3 is 19.4 Å². The van der Waals surface area contributed by atoms with Crippen LogP contribution in [0.3, 0.4) is 0 Å². The van der Waals surface area contributed by atoms with Crippen molar-refractivity contribution in [2.75, 3.05) is 18.2 Å². The van der Waals surface area contributed by atoms with Gasteiger partial charge in [0, 0.05) is 12.2 Å². The molecule has 8 nitrogen and oxygen atoms in total. The Morgan fingerprint density at radius 1 is 1.16 bits per heavy atom. The van der Waals surface area contributed by atoms with Gasteiger partial charge in [0.05, 0.1) is 18.4 Å². The number of nitrogens with zero attached hydrogens (tertiary/aromatic N) is 3. The predicted octanol–water partition coefficient (Wildman–Crippen LogP) is 3.53. The van der Waals surface area contributed by atoms with E-state index in [0.717, 1.165) is 0 Å². The Bertz CT molecular complexity index is 1070. The summed E-state index contributed by atoms with van der Waals surface area (Å²) in [5.74, 6) is -0.439. The molecule has 0 radical (unpaired) electrons. The van der Waals surface area contributed by atoms with E-state index in [1.54, 1.807) is 41.0 Å². The first-order valence-corrected chi connectivity index (χ1v) is 10.4. The maximum absolute atomic E-state index is 13.7. The highest BCUT2D eigenvalue weighted by atomic mass is 32.2. The van der Waals surface area contributed by atoms with Crippen molar-refractivity contribution in [1.29, 1.82) is 0 Å². The van der Waals surface area contributed by atoms with E-state index in [2.05, 4.69) is 20.3 Å². The fourth-order valence-electron chi connectivity index (χ4n) is 2.72. The summed E-state index contributed by atoms with van der Waals surface area (Å²) in [6, 6.07) is 12.6. The molecule has 1 aromatic heterocycles. The molecule has 2 aromatic carbocycles. The molecule has 0 aliphatic heterocycles. The van der Waals surface area contributed by atoms with Gasteiger partial charge in [0.2, 0.25) is 5.91 Å². The lowest BCUT2D eigenvalue weighted by atomic mass is 10.2. The Kier molecular flexibility index (Phi) is 7.60. The molecule has 0 unspecified atom stereocenters. The normalized spacial score (nSPS) is 10.5. The second kappa shape index (κ2) is 10.6. The third-order valence-electron chi connectivity index (χ3n) is 4.20. The highest BCUT2D eigenvalue weighted by molar-refractivity contribution is 7.99. The van der Waals surface area contributed by atoms with Gasteiger partial charge in [-0.05, 0) is 37.3 Å². The number of para-hydroxylation sites is 1. The van der Waals surface area contributed by atoms with Crippen LogP contribution in [0.1, 0.15) is 23.1 Å². The summed E-state index contributed by atoms with van der Waals surface area (Å²) < 4.78 is 25.7. The Morgan fingerprint density at radius 3 is 2.71 bits per heavy atom. The zero-order valence-electron chi connectivity index (χ0n) is 17.0. The molecule has 0 saturated carbocycles. The van der Waals surface area contributed by atoms with E-state index in [9.17, 15) is 14.0 Å². The lowest BCUT2D eigenvalue weighted by Gasteiger charge is -2.09. The number of aromatic nitrogens is 3. The third kappa shape index (κ3) is 5.82. The Labute approximate surface area is 182 Å². The molecule has 3 rings (SSSR count). The second-order valence-electron chi connectivity index (χ2n) is 6.27. The topological polar surface area (TPSA) is 95.3 Å². The summed E-state index contributed by atoms with van der Waals surface area (Å²) in [4.78, 5) is 23.9. The maximum atomic E-state index is 13.7. The van der Waals surface area contributed by atoms with Gasteiger partial charge in [-0.3, -0.25) is 4.79 Å². The number of benzene rings is 2. The van der Waals surface area contributed by atoms with Crippen LogP contribution in [0.5, 0.6) is 5.75 Å². The van der Waals surface area contributed by atoms with Crippen LogP contribution in [0.15, 0.2) is 53.7 Å². The second-order valence-corrected chi connectivity index (χ2v) is 7.21. The molecule has 0 spiro atoms. The van der Waals surface area contributed by atoms with E-state index in [4.69, 9.17) is 4.74 Å². The first kappa shape index (κ1) is 22.3. The van der Waals surface area contributed by atoms with Crippen molar-refractivity contribution < 1.29 is 23.5 Å². The molecule has 10 heteroatoms. The molecule has 0 fully saturated rings. The predicted molar refractivity (Wildman–Crippen MR) is 114 cm³/mol. The molecule has 3 aromatic rings. The molecular formula is C21H21FN4O4S. The van der Waals surface area contributed by atoms with Gasteiger partial charge in [-0.25, -0.2) is 9.18 Å².